The first-order valence-corrected chi connectivity index (χ1v) is 10.3. The van der Waals surface area contributed by atoms with Crippen molar-refractivity contribution in [1.82, 2.24) is 20.1 Å². The van der Waals surface area contributed by atoms with Crippen molar-refractivity contribution in [2.45, 2.75) is 18.9 Å². The lowest BCUT2D eigenvalue weighted by Crippen LogP contribution is -2.43. The Morgan fingerprint density at radius 2 is 1.87 bits per heavy atom. The number of nitrogens with two attached hydrogens (primary N) is 1. The fourth-order valence-corrected chi connectivity index (χ4v) is 3.45. The molecule has 0 unspecified atom stereocenters. The fraction of sp³-hybridized carbons (Fsp3) is 0.348. The second-order valence-corrected chi connectivity index (χ2v) is 8.12. The molecule has 164 valence electrons. The van der Waals surface area contributed by atoms with Crippen LogP contribution in [0.2, 0.25) is 0 Å². The maximum atomic E-state index is 12.8. The standard InChI is InChI=1S/C23H30N6O2/c1-15(22(30)26-18-7-9-29(4)10-8-18)20-12-16(5-6-21(20)24)17-11-19(14-25-13-17)27-23(31)28(2)3/h5-6,11-14,18H,1,7-10,24H2,2-4H3,(H,26,30)(H,27,31). The number of likely N-dealkylation sites (tertiary alicyclic amines) is 1. The van der Waals surface area contributed by atoms with Gasteiger partial charge in [-0.3, -0.25) is 9.78 Å². The number of amides is 3. The van der Waals surface area contributed by atoms with Crippen LogP contribution in [-0.2, 0) is 4.79 Å². The minimum atomic E-state index is -0.240. The van der Waals surface area contributed by atoms with Crippen molar-refractivity contribution in [2.24, 2.45) is 0 Å². The van der Waals surface area contributed by atoms with Crippen LogP contribution in [-0.4, -0.2) is 67.0 Å². The molecule has 8 nitrogen and oxygen atoms in total. The van der Waals surface area contributed by atoms with Gasteiger partial charge in [-0.2, -0.15) is 0 Å². The Bertz CT molecular complexity index is 980. The molecule has 3 amide bonds. The topological polar surface area (TPSA) is 104 Å². The number of rotatable bonds is 5. The predicted octanol–water partition coefficient (Wildman–Crippen LogP) is 2.65. The van der Waals surface area contributed by atoms with E-state index in [1.165, 1.54) is 4.90 Å². The zero-order chi connectivity index (χ0) is 22.5. The number of aromatic nitrogens is 1. The Hall–Kier alpha value is -3.39. The Labute approximate surface area is 183 Å². The maximum Gasteiger partial charge on any atom is 0.321 e. The van der Waals surface area contributed by atoms with Crippen molar-refractivity contribution in [1.29, 1.82) is 0 Å². The second-order valence-electron chi connectivity index (χ2n) is 8.12. The van der Waals surface area contributed by atoms with Crippen molar-refractivity contribution in [3.8, 4) is 11.1 Å². The molecule has 8 heteroatoms. The molecule has 2 aromatic rings. The maximum absolute atomic E-state index is 12.8. The molecule has 0 radical (unpaired) electrons. The van der Waals surface area contributed by atoms with Gasteiger partial charge in [0.1, 0.15) is 0 Å². The van der Waals surface area contributed by atoms with Crippen LogP contribution < -0.4 is 16.4 Å². The number of piperidine rings is 1. The molecule has 4 N–H and O–H groups in total. The second kappa shape index (κ2) is 9.61. The molecule has 3 rings (SSSR count). The number of carbonyl (C=O) groups is 2. The van der Waals surface area contributed by atoms with Gasteiger partial charge in [-0.25, -0.2) is 4.79 Å². The smallest absolute Gasteiger partial charge is 0.321 e. The average Bonchev–Trinajstić information content (AvgIpc) is 2.75. The molecule has 31 heavy (non-hydrogen) atoms. The van der Waals surface area contributed by atoms with E-state index in [-0.39, 0.29) is 18.0 Å². The van der Waals surface area contributed by atoms with Gasteiger partial charge in [0.25, 0.3) is 5.91 Å². The van der Waals surface area contributed by atoms with Crippen molar-refractivity contribution < 1.29 is 9.59 Å². The van der Waals surface area contributed by atoms with Gasteiger partial charge in [-0.05, 0) is 56.7 Å². The molecule has 1 aromatic carbocycles. The summed E-state index contributed by atoms with van der Waals surface area (Å²) < 4.78 is 0. The SMILES string of the molecule is C=C(C(=O)NC1CCN(C)CC1)c1cc(-c2cncc(NC(=O)N(C)C)c2)ccc1N. The van der Waals surface area contributed by atoms with Crippen molar-refractivity contribution in [3.05, 3.63) is 48.8 Å². The molecule has 1 aliphatic heterocycles. The molecule has 1 aliphatic rings. The van der Waals surface area contributed by atoms with E-state index in [1.54, 1.807) is 32.6 Å². The first kappa shape index (κ1) is 22.3. The average molecular weight is 423 g/mol. The summed E-state index contributed by atoms with van der Waals surface area (Å²) in [6.45, 7) is 5.92. The molecule has 1 saturated heterocycles. The molecule has 0 saturated carbocycles. The highest BCUT2D eigenvalue weighted by atomic mass is 16.2. The number of nitrogens with zero attached hydrogens (tertiary/aromatic N) is 3. The number of hydrogen-bond donors (Lipinski definition) is 3. The molecular formula is C23H30N6O2. The monoisotopic (exact) mass is 422 g/mol. The van der Waals surface area contributed by atoms with Gasteiger partial charge in [-0.15, -0.1) is 0 Å². The van der Waals surface area contributed by atoms with Crippen molar-refractivity contribution in [3.63, 3.8) is 0 Å². The predicted molar refractivity (Wildman–Crippen MR) is 124 cm³/mol. The van der Waals surface area contributed by atoms with Crippen LogP contribution in [0.25, 0.3) is 16.7 Å². The Morgan fingerprint density at radius 1 is 1.16 bits per heavy atom. The van der Waals surface area contributed by atoms with Crippen LogP contribution in [0.5, 0.6) is 0 Å². The zero-order valence-electron chi connectivity index (χ0n) is 18.3. The molecule has 0 aliphatic carbocycles. The van der Waals surface area contributed by atoms with Crippen molar-refractivity contribution in [2.75, 3.05) is 45.3 Å². The number of benzene rings is 1. The summed E-state index contributed by atoms with van der Waals surface area (Å²) in [4.78, 5) is 32.6. The van der Waals surface area contributed by atoms with E-state index in [1.807, 2.05) is 18.2 Å². The van der Waals surface area contributed by atoms with E-state index in [4.69, 9.17) is 5.73 Å². The quantitative estimate of drug-likeness (QED) is 0.508. The van der Waals surface area contributed by atoms with Crippen molar-refractivity contribution >= 4 is 28.9 Å². The van der Waals surface area contributed by atoms with Crippen LogP contribution in [0.3, 0.4) is 0 Å². The Balaban J connectivity index is 1.78. The minimum absolute atomic E-state index is 0.144. The first-order chi connectivity index (χ1) is 14.7. The molecule has 1 aromatic heterocycles. The van der Waals surface area contributed by atoms with Gasteiger partial charge in [0.2, 0.25) is 0 Å². The molecule has 2 heterocycles. The van der Waals surface area contributed by atoms with Gasteiger partial charge in [0, 0.05) is 48.7 Å². The molecule has 0 bridgehead atoms. The van der Waals surface area contributed by atoms with Crippen LogP contribution in [0.4, 0.5) is 16.2 Å². The van der Waals surface area contributed by atoms with E-state index in [0.29, 0.717) is 22.5 Å². The summed E-state index contributed by atoms with van der Waals surface area (Å²) >= 11 is 0. The van der Waals surface area contributed by atoms with E-state index >= 15 is 0 Å². The van der Waals surface area contributed by atoms with Gasteiger partial charge >= 0.3 is 6.03 Å². The zero-order valence-corrected chi connectivity index (χ0v) is 18.3. The highest BCUT2D eigenvalue weighted by Crippen LogP contribution is 2.29. The third kappa shape index (κ3) is 5.61. The molecule has 0 atom stereocenters. The summed E-state index contributed by atoms with van der Waals surface area (Å²) in [6.07, 6.45) is 5.11. The minimum Gasteiger partial charge on any atom is -0.398 e. The lowest BCUT2D eigenvalue weighted by atomic mass is 9.97. The first-order valence-electron chi connectivity index (χ1n) is 10.3. The van der Waals surface area contributed by atoms with Gasteiger partial charge in [-0.1, -0.05) is 12.6 Å². The van der Waals surface area contributed by atoms with Gasteiger partial charge in [0.15, 0.2) is 0 Å². The summed E-state index contributed by atoms with van der Waals surface area (Å²) in [5.74, 6) is -0.205. The summed E-state index contributed by atoms with van der Waals surface area (Å²) in [6, 6.07) is 7.17. The van der Waals surface area contributed by atoms with E-state index in [9.17, 15) is 9.59 Å². The Morgan fingerprint density at radius 3 is 2.55 bits per heavy atom. The van der Waals surface area contributed by atoms with Crippen LogP contribution in [0, 0.1) is 0 Å². The molecule has 0 spiro atoms. The van der Waals surface area contributed by atoms with Crippen LogP contribution >= 0.6 is 0 Å². The summed E-state index contributed by atoms with van der Waals surface area (Å²) in [5, 5.41) is 5.86. The number of hydrogen-bond acceptors (Lipinski definition) is 5. The summed E-state index contributed by atoms with van der Waals surface area (Å²) in [5.41, 5.74) is 9.76. The van der Waals surface area contributed by atoms with E-state index in [2.05, 4.69) is 34.1 Å². The third-order valence-electron chi connectivity index (χ3n) is 5.44. The van der Waals surface area contributed by atoms with Gasteiger partial charge in [0.05, 0.1) is 11.9 Å². The Kier molecular flexibility index (Phi) is 6.91. The highest BCUT2D eigenvalue weighted by Gasteiger charge is 2.21. The lowest BCUT2D eigenvalue weighted by molar-refractivity contribution is -0.116. The number of nitrogens with one attached hydrogen (secondary N) is 2. The van der Waals surface area contributed by atoms with E-state index in [0.717, 1.165) is 37.1 Å². The number of nitrogen functional groups attached to an aromatic ring is 1. The largest absolute Gasteiger partial charge is 0.398 e. The van der Waals surface area contributed by atoms with Gasteiger partial charge < -0.3 is 26.2 Å². The summed E-state index contributed by atoms with van der Waals surface area (Å²) in [7, 11) is 5.42. The third-order valence-corrected chi connectivity index (χ3v) is 5.44. The lowest BCUT2D eigenvalue weighted by Gasteiger charge is -2.29. The fourth-order valence-electron chi connectivity index (χ4n) is 3.45. The number of carbonyl (C=O) groups excluding carboxylic acids is 2. The number of pyridine rings is 1. The molecular weight excluding hydrogens is 392 g/mol. The number of urea groups is 1. The van der Waals surface area contributed by atoms with Crippen LogP contribution in [0.1, 0.15) is 18.4 Å². The molecule has 1 fully saturated rings. The normalized spacial score (nSPS) is 14.7. The number of anilines is 2. The van der Waals surface area contributed by atoms with Crippen LogP contribution in [0.15, 0.2) is 43.2 Å². The highest BCUT2D eigenvalue weighted by molar-refractivity contribution is 6.20. The van der Waals surface area contributed by atoms with E-state index < -0.39 is 0 Å².